The number of ether oxygens (including phenoxy) is 3. The van der Waals surface area contributed by atoms with Crippen LogP contribution in [0.5, 0.6) is 0 Å². The number of aromatic nitrogens is 1. The molecule has 5 N–H and O–H groups in total. The lowest BCUT2D eigenvalue weighted by Gasteiger charge is -2.35. The van der Waals surface area contributed by atoms with Gasteiger partial charge in [0.15, 0.2) is 0 Å². The molecule has 3 rings (SSSR count). The Labute approximate surface area is 263 Å². The molecule has 1 saturated heterocycles. The van der Waals surface area contributed by atoms with Crippen molar-refractivity contribution >= 4 is 29.1 Å². The fourth-order valence-corrected chi connectivity index (χ4v) is 5.72. The summed E-state index contributed by atoms with van der Waals surface area (Å²) in [5, 5.41) is 16.2. The van der Waals surface area contributed by atoms with Gasteiger partial charge in [-0.3, -0.25) is 14.4 Å². The number of nitrogens with zero attached hydrogens (tertiary/aromatic N) is 2. The number of hydrogen-bond donors (Lipinski definition) is 4. The third-order valence-corrected chi connectivity index (χ3v) is 8.28. The number of hydrogen-bond acceptors (Lipinski definition) is 10. The Kier molecular flexibility index (Phi) is 13.7. The number of amides is 3. The Morgan fingerprint density at radius 2 is 1.70 bits per heavy atom. The highest BCUT2D eigenvalue weighted by Crippen LogP contribution is 2.29. The summed E-state index contributed by atoms with van der Waals surface area (Å²) >= 11 is 1.58. The maximum Gasteiger partial charge on any atom is 0.246 e. The van der Waals surface area contributed by atoms with Gasteiger partial charge < -0.3 is 40.6 Å². The maximum atomic E-state index is 13.8. The van der Waals surface area contributed by atoms with Crippen LogP contribution >= 0.6 is 11.3 Å². The van der Waals surface area contributed by atoms with E-state index >= 15 is 0 Å². The second-order valence-electron chi connectivity index (χ2n) is 11.9. The minimum absolute atomic E-state index is 0.000514. The average molecular weight is 634 g/mol. The number of aryl methyl sites for hydroxylation is 1. The number of carbonyl (C=O) groups is 3. The summed E-state index contributed by atoms with van der Waals surface area (Å²) in [5.74, 6) is -1.25. The lowest BCUT2D eigenvalue weighted by molar-refractivity contribution is -0.144. The second kappa shape index (κ2) is 16.9. The molecule has 0 bridgehead atoms. The number of nitrogens with two attached hydrogens (primary N) is 1. The zero-order chi connectivity index (χ0) is 32.3. The molecule has 4 atom stereocenters. The Morgan fingerprint density at radius 1 is 1.07 bits per heavy atom. The Hall–Kier alpha value is -2.94. The van der Waals surface area contributed by atoms with Crippen LogP contribution in [0.2, 0.25) is 0 Å². The van der Waals surface area contributed by atoms with E-state index in [-0.39, 0.29) is 44.7 Å². The minimum atomic E-state index is -0.935. The number of rotatable bonds is 16. The van der Waals surface area contributed by atoms with Crippen LogP contribution in [0.25, 0.3) is 10.4 Å². The molecule has 244 valence electrons. The molecule has 13 heteroatoms. The van der Waals surface area contributed by atoms with Gasteiger partial charge in [-0.25, -0.2) is 4.98 Å². The van der Waals surface area contributed by atoms with Crippen LogP contribution in [0, 0.1) is 12.3 Å². The summed E-state index contributed by atoms with van der Waals surface area (Å²) < 4.78 is 16.0. The molecule has 2 heterocycles. The number of aliphatic hydroxyl groups excluding tert-OH is 1. The molecular weight excluding hydrogens is 586 g/mol. The van der Waals surface area contributed by atoms with Gasteiger partial charge in [0.2, 0.25) is 17.7 Å². The van der Waals surface area contributed by atoms with Crippen molar-refractivity contribution in [2.75, 3.05) is 52.7 Å². The molecule has 12 nitrogen and oxygen atoms in total. The van der Waals surface area contributed by atoms with Gasteiger partial charge in [-0.1, -0.05) is 45.0 Å². The van der Waals surface area contributed by atoms with E-state index in [1.165, 1.54) is 4.90 Å². The van der Waals surface area contributed by atoms with Gasteiger partial charge in [0, 0.05) is 19.5 Å². The Balaban J connectivity index is 1.56. The minimum Gasteiger partial charge on any atom is -0.391 e. The van der Waals surface area contributed by atoms with Crippen molar-refractivity contribution < 1.29 is 33.7 Å². The number of thiazole rings is 1. The van der Waals surface area contributed by atoms with Gasteiger partial charge in [0.25, 0.3) is 0 Å². The Morgan fingerprint density at radius 3 is 2.30 bits per heavy atom. The predicted molar refractivity (Wildman–Crippen MR) is 168 cm³/mol. The molecule has 0 aliphatic carbocycles. The van der Waals surface area contributed by atoms with E-state index in [2.05, 4.69) is 15.6 Å². The van der Waals surface area contributed by atoms with Crippen molar-refractivity contribution in [3.8, 4) is 10.4 Å². The van der Waals surface area contributed by atoms with Crippen molar-refractivity contribution in [2.45, 2.75) is 65.3 Å². The van der Waals surface area contributed by atoms with Crippen molar-refractivity contribution in [3.05, 3.63) is 41.0 Å². The Bertz CT molecular complexity index is 1220. The fourth-order valence-electron chi connectivity index (χ4n) is 4.91. The molecule has 1 aliphatic heterocycles. The van der Waals surface area contributed by atoms with E-state index in [9.17, 15) is 19.5 Å². The van der Waals surface area contributed by atoms with Gasteiger partial charge in [-0.05, 0) is 30.4 Å². The molecule has 44 heavy (non-hydrogen) atoms. The first-order valence-corrected chi connectivity index (χ1v) is 15.8. The second-order valence-corrected chi connectivity index (χ2v) is 12.8. The molecule has 3 amide bonds. The first kappa shape index (κ1) is 35.5. The van der Waals surface area contributed by atoms with E-state index in [0.29, 0.717) is 26.4 Å². The summed E-state index contributed by atoms with van der Waals surface area (Å²) in [6.45, 7) is 11.3. The first-order chi connectivity index (χ1) is 20.9. The fraction of sp³-hybridized carbons (Fsp3) is 0.613. The zero-order valence-corrected chi connectivity index (χ0v) is 27.2. The molecular formula is C31H47N5O7S. The molecule has 0 saturated carbocycles. The van der Waals surface area contributed by atoms with E-state index in [4.69, 9.17) is 19.9 Å². The third-order valence-electron chi connectivity index (χ3n) is 7.30. The average Bonchev–Trinajstić information content (AvgIpc) is 3.59. The SMILES string of the molecule is Cc1ncsc1-c1ccc([C@H](C)NC(=O)[C@@H]2C[C@@H](O)CN2C(=O)[C@@H](NC(=O)COCCOCCOCCN)C(C)(C)C)cc1. The van der Waals surface area contributed by atoms with Crippen LogP contribution in [-0.4, -0.2) is 104 Å². The van der Waals surface area contributed by atoms with Gasteiger partial charge in [0.1, 0.15) is 18.7 Å². The summed E-state index contributed by atoms with van der Waals surface area (Å²) in [6, 6.07) is 5.79. The van der Waals surface area contributed by atoms with Gasteiger partial charge >= 0.3 is 0 Å². The van der Waals surface area contributed by atoms with E-state index < -0.39 is 35.4 Å². The lowest BCUT2D eigenvalue weighted by atomic mass is 9.85. The normalized spacial score (nSPS) is 18.2. The maximum absolute atomic E-state index is 13.8. The molecule has 0 spiro atoms. The quantitative estimate of drug-likeness (QED) is 0.202. The smallest absolute Gasteiger partial charge is 0.246 e. The number of β-amino-alcohol motifs (C(OH)–C–C–N with tert-alkyl or cyclic N) is 1. The number of nitrogens with one attached hydrogen (secondary N) is 2. The van der Waals surface area contributed by atoms with Crippen molar-refractivity contribution in [1.29, 1.82) is 0 Å². The molecule has 1 fully saturated rings. The van der Waals surface area contributed by atoms with Crippen molar-refractivity contribution in [3.63, 3.8) is 0 Å². The standard InChI is InChI=1S/C31H47N5O7S/c1-20(22-6-8-23(9-7-22)27-21(2)33-19-44-27)34-29(39)25-16-24(37)17-36(25)30(40)28(31(3,4)5)35-26(38)18-43-15-14-42-13-12-41-11-10-32/h6-9,19-20,24-25,28,37H,10-18,32H2,1-5H3,(H,34,39)(H,35,38)/t20-,24+,25-,28+/m0/s1. The van der Waals surface area contributed by atoms with E-state index in [1.807, 2.05) is 64.4 Å². The van der Waals surface area contributed by atoms with Crippen LogP contribution in [-0.2, 0) is 28.6 Å². The van der Waals surface area contributed by atoms with Gasteiger partial charge in [-0.15, -0.1) is 11.3 Å². The molecule has 1 aromatic heterocycles. The first-order valence-electron chi connectivity index (χ1n) is 14.9. The van der Waals surface area contributed by atoms with Gasteiger partial charge in [-0.2, -0.15) is 0 Å². The van der Waals surface area contributed by atoms with Crippen LogP contribution in [0.4, 0.5) is 0 Å². The van der Waals surface area contributed by atoms with E-state index in [1.54, 1.807) is 11.3 Å². The topological polar surface area (TPSA) is 165 Å². The highest BCUT2D eigenvalue weighted by atomic mass is 32.1. The predicted octanol–water partition coefficient (Wildman–Crippen LogP) is 1.80. The molecule has 1 aromatic carbocycles. The third kappa shape index (κ3) is 10.3. The van der Waals surface area contributed by atoms with Crippen LogP contribution in [0.15, 0.2) is 29.8 Å². The number of benzene rings is 1. The van der Waals surface area contributed by atoms with E-state index in [0.717, 1.165) is 21.7 Å². The number of carbonyl (C=O) groups excluding carboxylic acids is 3. The zero-order valence-electron chi connectivity index (χ0n) is 26.3. The largest absolute Gasteiger partial charge is 0.391 e. The molecule has 0 radical (unpaired) electrons. The van der Waals surface area contributed by atoms with Crippen molar-refractivity contribution in [2.24, 2.45) is 11.1 Å². The summed E-state index contributed by atoms with van der Waals surface area (Å²) in [6.07, 6.45) is -0.744. The summed E-state index contributed by atoms with van der Waals surface area (Å²) in [5.41, 5.74) is 9.44. The van der Waals surface area contributed by atoms with Crippen LogP contribution in [0.3, 0.4) is 0 Å². The summed E-state index contributed by atoms with van der Waals surface area (Å²) in [7, 11) is 0. The van der Waals surface area contributed by atoms with Crippen molar-refractivity contribution in [1.82, 2.24) is 20.5 Å². The lowest BCUT2D eigenvalue weighted by Crippen LogP contribution is -2.58. The molecule has 1 aliphatic rings. The van der Waals surface area contributed by atoms with Gasteiger partial charge in [0.05, 0.1) is 61.3 Å². The highest BCUT2D eigenvalue weighted by Gasteiger charge is 2.44. The number of likely N-dealkylation sites (tertiary alicyclic amines) is 1. The van der Waals surface area contributed by atoms with Crippen LogP contribution < -0.4 is 16.4 Å². The van der Waals surface area contributed by atoms with Crippen LogP contribution in [0.1, 0.15) is 51.4 Å². The summed E-state index contributed by atoms with van der Waals surface area (Å²) in [4.78, 5) is 46.7. The monoisotopic (exact) mass is 633 g/mol. The highest BCUT2D eigenvalue weighted by molar-refractivity contribution is 7.13. The molecule has 2 aromatic rings. The number of aliphatic hydroxyl groups is 1. The molecule has 0 unspecified atom stereocenters.